The lowest BCUT2D eigenvalue weighted by atomic mass is 9.95. The Morgan fingerprint density at radius 1 is 1.19 bits per heavy atom. The Morgan fingerprint density at radius 3 is 2.43 bits per heavy atom. The summed E-state index contributed by atoms with van der Waals surface area (Å²) >= 11 is 0. The van der Waals surface area contributed by atoms with Crippen LogP contribution in [-0.4, -0.2) is 23.5 Å². The van der Waals surface area contributed by atoms with Gasteiger partial charge in [-0.05, 0) is 43.2 Å². The SMILES string of the molecule is CC(C)Nc1cccc(-c2ccc(F)cc2)c1C(=N)CO. The summed E-state index contributed by atoms with van der Waals surface area (Å²) in [4.78, 5) is 0. The van der Waals surface area contributed by atoms with Gasteiger partial charge in [0.15, 0.2) is 0 Å². The predicted molar refractivity (Wildman–Crippen MR) is 84.5 cm³/mol. The molecule has 0 spiro atoms. The van der Waals surface area contributed by atoms with Crippen LogP contribution in [0.25, 0.3) is 11.1 Å². The molecule has 0 unspecified atom stereocenters. The van der Waals surface area contributed by atoms with E-state index in [0.717, 1.165) is 16.8 Å². The molecule has 4 heteroatoms. The molecule has 110 valence electrons. The number of aliphatic hydroxyl groups excluding tert-OH is 1. The zero-order valence-corrected chi connectivity index (χ0v) is 12.2. The third kappa shape index (κ3) is 3.47. The number of halogens is 1. The van der Waals surface area contributed by atoms with E-state index in [9.17, 15) is 9.50 Å². The van der Waals surface area contributed by atoms with Crippen LogP contribution in [-0.2, 0) is 0 Å². The van der Waals surface area contributed by atoms with E-state index in [4.69, 9.17) is 5.41 Å². The molecule has 3 N–H and O–H groups in total. The van der Waals surface area contributed by atoms with Crippen molar-refractivity contribution < 1.29 is 9.50 Å². The van der Waals surface area contributed by atoms with Gasteiger partial charge in [-0.3, -0.25) is 0 Å². The van der Waals surface area contributed by atoms with Crippen LogP contribution in [0.2, 0.25) is 0 Å². The Labute approximate surface area is 124 Å². The van der Waals surface area contributed by atoms with Gasteiger partial charge in [0.05, 0.1) is 12.3 Å². The largest absolute Gasteiger partial charge is 0.390 e. The molecule has 21 heavy (non-hydrogen) atoms. The molecule has 2 rings (SSSR count). The van der Waals surface area contributed by atoms with Gasteiger partial charge in [-0.2, -0.15) is 0 Å². The lowest BCUT2D eigenvalue weighted by Gasteiger charge is -2.18. The van der Waals surface area contributed by atoms with Crippen molar-refractivity contribution in [3.63, 3.8) is 0 Å². The van der Waals surface area contributed by atoms with Gasteiger partial charge >= 0.3 is 0 Å². The molecule has 0 aromatic heterocycles. The first-order valence-electron chi connectivity index (χ1n) is 6.87. The predicted octanol–water partition coefficient (Wildman–Crippen LogP) is 3.67. The second-order valence-electron chi connectivity index (χ2n) is 5.17. The maximum Gasteiger partial charge on any atom is 0.123 e. The van der Waals surface area contributed by atoms with Crippen LogP contribution in [0.4, 0.5) is 10.1 Å². The number of benzene rings is 2. The molecular formula is C17H19FN2O. The Bertz CT molecular complexity index is 636. The van der Waals surface area contributed by atoms with Gasteiger partial charge in [0, 0.05) is 17.3 Å². The van der Waals surface area contributed by atoms with Gasteiger partial charge < -0.3 is 15.8 Å². The number of rotatable bonds is 5. The van der Waals surface area contributed by atoms with Crippen LogP contribution >= 0.6 is 0 Å². The minimum Gasteiger partial charge on any atom is -0.390 e. The zero-order chi connectivity index (χ0) is 15.4. The van der Waals surface area contributed by atoms with Crippen molar-refractivity contribution in [3.05, 3.63) is 53.8 Å². The van der Waals surface area contributed by atoms with Crippen molar-refractivity contribution in [1.82, 2.24) is 0 Å². The summed E-state index contributed by atoms with van der Waals surface area (Å²) in [5.41, 5.74) is 3.21. The zero-order valence-electron chi connectivity index (χ0n) is 12.2. The molecule has 0 aliphatic rings. The molecule has 0 aliphatic carbocycles. The fraction of sp³-hybridized carbons (Fsp3) is 0.235. The second kappa shape index (κ2) is 6.50. The monoisotopic (exact) mass is 286 g/mol. The quantitative estimate of drug-likeness (QED) is 0.734. The average molecular weight is 286 g/mol. The number of anilines is 1. The smallest absolute Gasteiger partial charge is 0.123 e. The van der Waals surface area contributed by atoms with Crippen molar-refractivity contribution in [2.45, 2.75) is 19.9 Å². The van der Waals surface area contributed by atoms with E-state index >= 15 is 0 Å². The van der Waals surface area contributed by atoms with Gasteiger partial charge in [-0.1, -0.05) is 24.3 Å². The van der Waals surface area contributed by atoms with Crippen LogP contribution in [0.15, 0.2) is 42.5 Å². The van der Waals surface area contributed by atoms with E-state index in [2.05, 4.69) is 5.32 Å². The third-order valence-corrected chi connectivity index (χ3v) is 3.12. The molecule has 0 amide bonds. The number of nitrogens with one attached hydrogen (secondary N) is 2. The number of hydrogen-bond acceptors (Lipinski definition) is 3. The van der Waals surface area contributed by atoms with Gasteiger partial charge in [0.2, 0.25) is 0 Å². The van der Waals surface area contributed by atoms with Crippen molar-refractivity contribution >= 4 is 11.4 Å². The molecule has 0 saturated carbocycles. The second-order valence-corrected chi connectivity index (χ2v) is 5.17. The van der Waals surface area contributed by atoms with Crippen LogP contribution in [0.1, 0.15) is 19.4 Å². The van der Waals surface area contributed by atoms with E-state index in [1.807, 2.05) is 32.0 Å². The van der Waals surface area contributed by atoms with Crippen LogP contribution < -0.4 is 5.32 Å². The Hall–Kier alpha value is -2.20. The van der Waals surface area contributed by atoms with Crippen molar-refractivity contribution in [2.24, 2.45) is 0 Å². The van der Waals surface area contributed by atoms with E-state index in [1.54, 1.807) is 12.1 Å². The average Bonchev–Trinajstić information content (AvgIpc) is 2.46. The van der Waals surface area contributed by atoms with Crippen molar-refractivity contribution in [1.29, 1.82) is 5.41 Å². The van der Waals surface area contributed by atoms with Gasteiger partial charge in [-0.15, -0.1) is 0 Å². The highest BCUT2D eigenvalue weighted by Gasteiger charge is 2.14. The summed E-state index contributed by atoms with van der Waals surface area (Å²) in [6.07, 6.45) is 0. The third-order valence-electron chi connectivity index (χ3n) is 3.12. The summed E-state index contributed by atoms with van der Waals surface area (Å²) in [5, 5.41) is 20.7. The van der Waals surface area contributed by atoms with E-state index < -0.39 is 0 Å². The highest BCUT2D eigenvalue weighted by Crippen LogP contribution is 2.30. The molecule has 0 heterocycles. The van der Waals surface area contributed by atoms with Gasteiger partial charge in [0.1, 0.15) is 5.82 Å². The lowest BCUT2D eigenvalue weighted by molar-refractivity contribution is 0.357. The Balaban J connectivity index is 2.59. The van der Waals surface area contributed by atoms with Crippen LogP contribution in [0.3, 0.4) is 0 Å². The molecule has 0 aliphatic heterocycles. The first-order valence-corrected chi connectivity index (χ1v) is 6.87. The minimum atomic E-state index is -0.342. The Morgan fingerprint density at radius 2 is 1.86 bits per heavy atom. The molecule has 3 nitrogen and oxygen atoms in total. The number of hydrogen-bond donors (Lipinski definition) is 3. The van der Waals surface area contributed by atoms with Gasteiger partial charge in [-0.25, -0.2) is 4.39 Å². The van der Waals surface area contributed by atoms with Crippen molar-refractivity contribution in [2.75, 3.05) is 11.9 Å². The van der Waals surface area contributed by atoms with E-state index in [-0.39, 0.29) is 24.2 Å². The molecule has 2 aromatic rings. The maximum atomic E-state index is 13.1. The summed E-state index contributed by atoms with van der Waals surface area (Å²) in [6, 6.07) is 12.0. The van der Waals surface area contributed by atoms with Gasteiger partial charge in [0.25, 0.3) is 0 Å². The summed E-state index contributed by atoms with van der Waals surface area (Å²) in [6.45, 7) is 3.68. The first kappa shape index (κ1) is 15.2. The lowest BCUT2D eigenvalue weighted by Crippen LogP contribution is -2.16. The summed E-state index contributed by atoms with van der Waals surface area (Å²) < 4.78 is 13.1. The Kier molecular flexibility index (Phi) is 4.70. The standard InChI is InChI=1S/C17H19FN2O/c1-11(2)20-16-5-3-4-14(17(16)15(19)10-21)12-6-8-13(18)9-7-12/h3-9,11,19-21H,10H2,1-2H3. The molecular weight excluding hydrogens is 267 g/mol. The molecule has 0 fully saturated rings. The van der Waals surface area contributed by atoms with Crippen molar-refractivity contribution in [3.8, 4) is 11.1 Å². The fourth-order valence-electron chi connectivity index (χ4n) is 2.26. The molecule has 2 aromatic carbocycles. The normalized spacial score (nSPS) is 10.7. The summed E-state index contributed by atoms with van der Waals surface area (Å²) in [5.74, 6) is -0.297. The van der Waals surface area contributed by atoms with E-state index in [1.165, 1.54) is 12.1 Å². The summed E-state index contributed by atoms with van der Waals surface area (Å²) in [7, 11) is 0. The topological polar surface area (TPSA) is 56.1 Å². The molecule has 0 saturated heterocycles. The first-order chi connectivity index (χ1) is 10.0. The molecule has 0 bridgehead atoms. The molecule has 0 radical (unpaired) electrons. The maximum absolute atomic E-state index is 13.1. The number of aliphatic hydroxyl groups is 1. The highest BCUT2D eigenvalue weighted by molar-refractivity contribution is 6.09. The minimum absolute atomic E-state index is 0.137. The van der Waals surface area contributed by atoms with Crippen LogP contribution in [0, 0.1) is 11.2 Å². The highest BCUT2D eigenvalue weighted by atomic mass is 19.1. The van der Waals surface area contributed by atoms with E-state index in [0.29, 0.717) is 5.56 Å². The van der Waals surface area contributed by atoms with Crippen LogP contribution in [0.5, 0.6) is 0 Å². The molecule has 0 atom stereocenters. The fourth-order valence-corrected chi connectivity index (χ4v) is 2.26.